The number of hydrogen-bond donors (Lipinski definition) is 2. The average molecular weight is 372 g/mol. The van der Waals surface area contributed by atoms with Crippen LogP contribution in [0.5, 0.6) is 0 Å². The molecule has 0 spiro atoms. The highest BCUT2D eigenvalue weighted by Crippen LogP contribution is 2.19. The molecule has 6 heteroatoms. The van der Waals surface area contributed by atoms with Crippen LogP contribution in [0.25, 0.3) is 0 Å². The molecule has 1 aliphatic heterocycles. The van der Waals surface area contributed by atoms with Crippen LogP contribution >= 0.6 is 11.6 Å². The van der Waals surface area contributed by atoms with Crippen LogP contribution in [0.15, 0.2) is 48.5 Å². The molecule has 0 saturated carbocycles. The van der Waals surface area contributed by atoms with E-state index in [9.17, 15) is 9.59 Å². The maximum absolute atomic E-state index is 12.3. The fourth-order valence-corrected chi connectivity index (χ4v) is 3.26. The van der Waals surface area contributed by atoms with Gasteiger partial charge in [-0.3, -0.25) is 4.79 Å². The lowest BCUT2D eigenvalue weighted by atomic mass is 10.1. The Bertz CT molecular complexity index is 809. The Kier molecular flexibility index (Phi) is 5.78. The van der Waals surface area contributed by atoms with Gasteiger partial charge in [0, 0.05) is 30.2 Å². The van der Waals surface area contributed by atoms with Gasteiger partial charge in [0.15, 0.2) is 0 Å². The summed E-state index contributed by atoms with van der Waals surface area (Å²) in [4.78, 5) is 25.9. The van der Waals surface area contributed by atoms with E-state index in [-0.39, 0.29) is 18.0 Å². The molecule has 1 aliphatic rings. The monoisotopic (exact) mass is 371 g/mol. The van der Waals surface area contributed by atoms with Crippen molar-refractivity contribution >= 4 is 29.2 Å². The van der Waals surface area contributed by atoms with Crippen LogP contribution in [0.3, 0.4) is 0 Å². The summed E-state index contributed by atoms with van der Waals surface area (Å²) in [6, 6.07) is 14.5. The lowest BCUT2D eigenvalue weighted by Gasteiger charge is -2.17. The van der Waals surface area contributed by atoms with Crippen molar-refractivity contribution in [3.8, 4) is 0 Å². The molecule has 3 amide bonds. The number of carbonyl (C=O) groups is 2. The Morgan fingerprint density at radius 2 is 2.04 bits per heavy atom. The first kappa shape index (κ1) is 18.3. The fourth-order valence-electron chi connectivity index (χ4n) is 3.06. The molecule has 1 heterocycles. The number of urea groups is 1. The van der Waals surface area contributed by atoms with Gasteiger partial charge in [-0.2, -0.15) is 0 Å². The standard InChI is InChI=1S/C20H22ClN3O2/c1-14(16-6-3-7-17(21)12-16)22-20(26)23-18-8-2-5-15(11-18)13-24-10-4-9-19(24)25/h2-3,5-8,11-12,14H,4,9-10,13H2,1H3,(H2,22,23,26). The second-order valence-corrected chi connectivity index (χ2v) is 6.93. The second-order valence-electron chi connectivity index (χ2n) is 6.49. The average Bonchev–Trinajstić information content (AvgIpc) is 3.00. The molecule has 0 aliphatic carbocycles. The number of hydrogen-bond acceptors (Lipinski definition) is 2. The third kappa shape index (κ3) is 4.76. The molecule has 0 bridgehead atoms. The number of anilines is 1. The van der Waals surface area contributed by atoms with Crippen molar-refractivity contribution < 1.29 is 9.59 Å². The lowest BCUT2D eigenvalue weighted by Crippen LogP contribution is -2.31. The minimum Gasteiger partial charge on any atom is -0.338 e. The lowest BCUT2D eigenvalue weighted by molar-refractivity contribution is -0.128. The number of halogens is 1. The third-order valence-corrected chi connectivity index (χ3v) is 4.66. The highest BCUT2D eigenvalue weighted by molar-refractivity contribution is 6.30. The van der Waals surface area contributed by atoms with E-state index >= 15 is 0 Å². The Morgan fingerprint density at radius 3 is 2.77 bits per heavy atom. The van der Waals surface area contributed by atoms with Crippen LogP contribution < -0.4 is 10.6 Å². The molecule has 5 nitrogen and oxygen atoms in total. The highest BCUT2D eigenvalue weighted by atomic mass is 35.5. The number of nitrogens with one attached hydrogen (secondary N) is 2. The van der Waals surface area contributed by atoms with E-state index in [1.54, 1.807) is 6.07 Å². The molecular formula is C20H22ClN3O2. The number of nitrogens with zero attached hydrogens (tertiary/aromatic N) is 1. The van der Waals surface area contributed by atoms with Gasteiger partial charge in [-0.15, -0.1) is 0 Å². The van der Waals surface area contributed by atoms with Crippen LogP contribution in [0.4, 0.5) is 10.5 Å². The molecule has 2 aromatic rings. The van der Waals surface area contributed by atoms with Crippen LogP contribution in [-0.2, 0) is 11.3 Å². The van der Waals surface area contributed by atoms with Gasteiger partial charge in [0.05, 0.1) is 6.04 Å². The van der Waals surface area contributed by atoms with E-state index in [2.05, 4.69) is 10.6 Å². The van der Waals surface area contributed by atoms with E-state index in [0.717, 1.165) is 24.1 Å². The van der Waals surface area contributed by atoms with E-state index in [1.807, 2.05) is 54.3 Å². The molecule has 1 unspecified atom stereocenters. The largest absolute Gasteiger partial charge is 0.338 e. The van der Waals surface area contributed by atoms with Crippen molar-refractivity contribution in [2.45, 2.75) is 32.4 Å². The van der Waals surface area contributed by atoms with Crippen LogP contribution in [0.1, 0.15) is 36.9 Å². The summed E-state index contributed by atoms with van der Waals surface area (Å²) in [6.45, 7) is 3.28. The predicted molar refractivity (Wildman–Crippen MR) is 103 cm³/mol. The highest BCUT2D eigenvalue weighted by Gasteiger charge is 2.20. The Labute approximate surface area is 158 Å². The number of amides is 3. The summed E-state index contributed by atoms with van der Waals surface area (Å²) in [6.07, 6.45) is 1.54. The zero-order valence-corrected chi connectivity index (χ0v) is 15.4. The van der Waals surface area contributed by atoms with Crippen molar-refractivity contribution in [1.82, 2.24) is 10.2 Å². The minimum atomic E-state index is -0.285. The van der Waals surface area contributed by atoms with Crippen LogP contribution in [0.2, 0.25) is 5.02 Å². The summed E-state index contributed by atoms with van der Waals surface area (Å²) in [7, 11) is 0. The topological polar surface area (TPSA) is 61.4 Å². The number of carbonyl (C=O) groups excluding carboxylic acids is 2. The Balaban J connectivity index is 1.58. The molecule has 3 rings (SSSR count). The van der Waals surface area contributed by atoms with Crippen molar-refractivity contribution in [3.63, 3.8) is 0 Å². The first-order valence-corrected chi connectivity index (χ1v) is 9.09. The predicted octanol–water partition coefficient (Wildman–Crippen LogP) is 4.35. The molecular weight excluding hydrogens is 350 g/mol. The van der Waals surface area contributed by atoms with Gasteiger partial charge in [0.1, 0.15) is 0 Å². The number of rotatable bonds is 5. The van der Waals surface area contributed by atoms with E-state index in [0.29, 0.717) is 23.7 Å². The molecule has 0 radical (unpaired) electrons. The summed E-state index contributed by atoms with van der Waals surface area (Å²) in [5, 5.41) is 6.39. The summed E-state index contributed by atoms with van der Waals surface area (Å²) in [5.74, 6) is 0.191. The summed E-state index contributed by atoms with van der Waals surface area (Å²) in [5.41, 5.74) is 2.64. The zero-order chi connectivity index (χ0) is 18.5. The molecule has 136 valence electrons. The van der Waals surface area contributed by atoms with Crippen LogP contribution in [0, 0.1) is 0 Å². The maximum atomic E-state index is 12.3. The van der Waals surface area contributed by atoms with E-state index in [1.165, 1.54) is 0 Å². The quantitative estimate of drug-likeness (QED) is 0.821. The Morgan fingerprint density at radius 1 is 1.23 bits per heavy atom. The molecule has 0 aromatic heterocycles. The SMILES string of the molecule is CC(NC(=O)Nc1cccc(CN2CCCC2=O)c1)c1cccc(Cl)c1. The molecule has 1 atom stereocenters. The molecule has 2 N–H and O–H groups in total. The minimum absolute atomic E-state index is 0.167. The van der Waals surface area contributed by atoms with Gasteiger partial charge in [-0.05, 0) is 48.7 Å². The van der Waals surface area contributed by atoms with E-state index in [4.69, 9.17) is 11.6 Å². The van der Waals surface area contributed by atoms with Gasteiger partial charge in [-0.1, -0.05) is 35.9 Å². The first-order valence-electron chi connectivity index (χ1n) is 8.71. The second kappa shape index (κ2) is 8.23. The van der Waals surface area contributed by atoms with Gasteiger partial charge < -0.3 is 15.5 Å². The number of benzene rings is 2. The first-order chi connectivity index (χ1) is 12.5. The van der Waals surface area contributed by atoms with Gasteiger partial charge >= 0.3 is 6.03 Å². The van der Waals surface area contributed by atoms with Crippen molar-refractivity contribution in [3.05, 3.63) is 64.7 Å². The normalized spacial score (nSPS) is 15.0. The van der Waals surface area contributed by atoms with Gasteiger partial charge in [0.25, 0.3) is 0 Å². The van der Waals surface area contributed by atoms with Gasteiger partial charge in [0.2, 0.25) is 5.91 Å². The zero-order valence-electron chi connectivity index (χ0n) is 14.7. The molecule has 1 fully saturated rings. The van der Waals surface area contributed by atoms with Crippen molar-refractivity contribution in [2.24, 2.45) is 0 Å². The summed E-state index contributed by atoms with van der Waals surface area (Å²) < 4.78 is 0. The Hall–Kier alpha value is -2.53. The molecule has 2 aromatic carbocycles. The summed E-state index contributed by atoms with van der Waals surface area (Å²) >= 11 is 6.00. The van der Waals surface area contributed by atoms with Crippen molar-refractivity contribution in [2.75, 3.05) is 11.9 Å². The third-order valence-electron chi connectivity index (χ3n) is 4.43. The van der Waals surface area contributed by atoms with Gasteiger partial charge in [-0.25, -0.2) is 4.79 Å². The van der Waals surface area contributed by atoms with Crippen LogP contribution in [-0.4, -0.2) is 23.4 Å². The van der Waals surface area contributed by atoms with E-state index < -0.39 is 0 Å². The smallest absolute Gasteiger partial charge is 0.319 e. The fraction of sp³-hybridized carbons (Fsp3) is 0.300. The number of likely N-dealkylation sites (tertiary alicyclic amines) is 1. The maximum Gasteiger partial charge on any atom is 0.319 e. The molecule has 26 heavy (non-hydrogen) atoms. The van der Waals surface area contributed by atoms with Crippen molar-refractivity contribution in [1.29, 1.82) is 0 Å². The molecule has 1 saturated heterocycles.